The summed E-state index contributed by atoms with van der Waals surface area (Å²) < 4.78 is 28.3. The van der Waals surface area contributed by atoms with Crippen LogP contribution >= 0.6 is 24.0 Å². The van der Waals surface area contributed by atoms with Crippen LogP contribution < -0.4 is 15.4 Å². The molecule has 1 aliphatic rings. The first-order valence-corrected chi connectivity index (χ1v) is 11.7. The molecule has 1 aromatic rings. The van der Waals surface area contributed by atoms with E-state index in [0.717, 1.165) is 44.2 Å². The monoisotopic (exact) mass is 523 g/mol. The van der Waals surface area contributed by atoms with Crippen molar-refractivity contribution in [3.05, 3.63) is 29.3 Å². The van der Waals surface area contributed by atoms with Gasteiger partial charge >= 0.3 is 0 Å². The predicted octanol–water partition coefficient (Wildman–Crippen LogP) is 2.80. The Hall–Kier alpha value is -1.03. The zero-order valence-corrected chi connectivity index (χ0v) is 20.5. The molecule has 1 aromatic carbocycles. The minimum Gasteiger partial charge on any atom is -0.493 e. The standard InChI is InChI=1S/C20H33N3O3S.HI/c1-5-21-19(23-15-20(2,3)10-13-27(4,24)25)22-11-8-16-6-7-18-17(14-16)9-12-26-18;/h6-7,14H,5,8-13,15H2,1-4H3,(H2,21,22,23);1H. The summed E-state index contributed by atoms with van der Waals surface area (Å²) in [5.74, 6) is 1.98. The van der Waals surface area contributed by atoms with Crippen LogP contribution in [0.3, 0.4) is 0 Å². The Morgan fingerprint density at radius 3 is 2.71 bits per heavy atom. The summed E-state index contributed by atoms with van der Waals surface area (Å²) in [5, 5.41) is 6.63. The molecule has 0 aromatic heterocycles. The molecule has 1 aliphatic heterocycles. The molecule has 2 N–H and O–H groups in total. The lowest BCUT2D eigenvalue weighted by Crippen LogP contribution is -2.39. The molecule has 28 heavy (non-hydrogen) atoms. The molecular weight excluding hydrogens is 489 g/mol. The molecule has 0 atom stereocenters. The van der Waals surface area contributed by atoms with E-state index in [1.54, 1.807) is 0 Å². The van der Waals surface area contributed by atoms with Crippen LogP contribution in [0.4, 0.5) is 0 Å². The first kappa shape index (κ1) is 25.0. The van der Waals surface area contributed by atoms with Crippen molar-refractivity contribution in [2.75, 3.05) is 38.2 Å². The normalized spacial score (nSPS) is 14.1. The fourth-order valence-corrected chi connectivity index (χ4v) is 3.82. The highest BCUT2D eigenvalue weighted by Crippen LogP contribution is 2.26. The van der Waals surface area contributed by atoms with E-state index in [0.29, 0.717) is 13.0 Å². The number of hydrogen-bond acceptors (Lipinski definition) is 4. The van der Waals surface area contributed by atoms with E-state index in [9.17, 15) is 8.42 Å². The van der Waals surface area contributed by atoms with Gasteiger partial charge in [0.2, 0.25) is 0 Å². The summed E-state index contributed by atoms with van der Waals surface area (Å²) in [6, 6.07) is 6.40. The van der Waals surface area contributed by atoms with Gasteiger partial charge in [0.25, 0.3) is 0 Å². The Morgan fingerprint density at radius 2 is 2.04 bits per heavy atom. The van der Waals surface area contributed by atoms with E-state index >= 15 is 0 Å². The Bertz CT molecular complexity index is 764. The molecule has 2 rings (SSSR count). The Morgan fingerprint density at radius 1 is 1.29 bits per heavy atom. The third-order valence-corrected chi connectivity index (χ3v) is 5.56. The van der Waals surface area contributed by atoms with Crippen LogP contribution in [0.15, 0.2) is 23.2 Å². The molecule has 0 radical (unpaired) electrons. The van der Waals surface area contributed by atoms with Gasteiger partial charge in [-0.3, -0.25) is 4.99 Å². The number of hydrogen-bond donors (Lipinski definition) is 2. The van der Waals surface area contributed by atoms with Gasteiger partial charge in [-0.15, -0.1) is 24.0 Å². The lowest BCUT2D eigenvalue weighted by molar-refractivity contribution is 0.357. The van der Waals surface area contributed by atoms with Gasteiger partial charge in [0.15, 0.2) is 5.96 Å². The number of guanidine groups is 1. The first-order valence-electron chi connectivity index (χ1n) is 9.63. The van der Waals surface area contributed by atoms with Crippen molar-refractivity contribution in [2.45, 2.75) is 40.0 Å². The van der Waals surface area contributed by atoms with Gasteiger partial charge < -0.3 is 15.4 Å². The topological polar surface area (TPSA) is 79.8 Å². The number of rotatable bonds is 9. The Balaban J connectivity index is 0.00000392. The molecule has 160 valence electrons. The molecule has 0 fully saturated rings. The molecule has 0 unspecified atom stereocenters. The van der Waals surface area contributed by atoms with Crippen LogP contribution in [-0.2, 0) is 22.7 Å². The van der Waals surface area contributed by atoms with Crippen molar-refractivity contribution < 1.29 is 13.2 Å². The fraction of sp³-hybridized carbons (Fsp3) is 0.650. The van der Waals surface area contributed by atoms with Gasteiger partial charge in [-0.05, 0) is 42.4 Å². The van der Waals surface area contributed by atoms with Crippen molar-refractivity contribution in [1.29, 1.82) is 0 Å². The summed E-state index contributed by atoms with van der Waals surface area (Å²) in [6.45, 7) is 9.07. The summed E-state index contributed by atoms with van der Waals surface area (Å²) in [6.07, 6.45) is 3.79. The minimum absolute atomic E-state index is 0. The van der Waals surface area contributed by atoms with Crippen LogP contribution in [0.5, 0.6) is 5.75 Å². The zero-order valence-electron chi connectivity index (χ0n) is 17.4. The number of sulfone groups is 1. The maximum atomic E-state index is 11.4. The molecule has 0 amide bonds. The molecule has 0 saturated carbocycles. The average molecular weight is 523 g/mol. The van der Waals surface area contributed by atoms with Crippen LogP contribution in [0, 0.1) is 5.41 Å². The maximum absolute atomic E-state index is 11.4. The van der Waals surface area contributed by atoms with Crippen molar-refractivity contribution in [3.8, 4) is 5.75 Å². The molecule has 0 aliphatic carbocycles. The summed E-state index contributed by atoms with van der Waals surface area (Å²) >= 11 is 0. The lowest BCUT2D eigenvalue weighted by Gasteiger charge is -2.22. The SMILES string of the molecule is CCNC(=NCC(C)(C)CCS(C)(=O)=O)NCCc1ccc2c(c1)CCO2.I. The van der Waals surface area contributed by atoms with Crippen LogP contribution in [-0.4, -0.2) is 52.6 Å². The number of halogens is 1. The van der Waals surface area contributed by atoms with E-state index in [-0.39, 0.29) is 35.1 Å². The van der Waals surface area contributed by atoms with Crippen LogP contribution in [0.25, 0.3) is 0 Å². The van der Waals surface area contributed by atoms with Crippen LogP contribution in [0.1, 0.15) is 38.3 Å². The lowest BCUT2D eigenvalue weighted by atomic mass is 9.90. The molecule has 0 bridgehead atoms. The largest absolute Gasteiger partial charge is 0.493 e. The number of nitrogens with zero attached hydrogens (tertiary/aromatic N) is 1. The highest BCUT2D eigenvalue weighted by molar-refractivity contribution is 14.0. The van der Waals surface area contributed by atoms with Crippen molar-refractivity contribution in [2.24, 2.45) is 10.4 Å². The van der Waals surface area contributed by atoms with Crippen molar-refractivity contribution in [1.82, 2.24) is 10.6 Å². The predicted molar refractivity (Wildman–Crippen MR) is 127 cm³/mol. The van der Waals surface area contributed by atoms with E-state index in [2.05, 4.69) is 47.7 Å². The summed E-state index contributed by atoms with van der Waals surface area (Å²) in [7, 11) is -2.94. The molecular formula is C20H34IN3O3S. The highest BCUT2D eigenvalue weighted by atomic mass is 127. The van der Waals surface area contributed by atoms with Crippen molar-refractivity contribution in [3.63, 3.8) is 0 Å². The number of benzene rings is 1. The highest BCUT2D eigenvalue weighted by Gasteiger charge is 2.20. The van der Waals surface area contributed by atoms with Gasteiger partial charge in [0.05, 0.1) is 12.4 Å². The Labute approximate surface area is 186 Å². The molecule has 0 spiro atoms. The second-order valence-corrected chi connectivity index (χ2v) is 10.2. The van der Waals surface area contributed by atoms with Gasteiger partial charge in [0.1, 0.15) is 15.6 Å². The van der Waals surface area contributed by atoms with Gasteiger partial charge in [-0.25, -0.2) is 8.42 Å². The van der Waals surface area contributed by atoms with E-state index < -0.39 is 9.84 Å². The van der Waals surface area contributed by atoms with Gasteiger partial charge in [-0.2, -0.15) is 0 Å². The van der Waals surface area contributed by atoms with Gasteiger partial charge in [-0.1, -0.05) is 26.0 Å². The third kappa shape index (κ3) is 8.98. The first-order chi connectivity index (χ1) is 12.7. The molecule has 0 saturated heterocycles. The van der Waals surface area contributed by atoms with E-state index in [1.165, 1.54) is 17.4 Å². The summed E-state index contributed by atoms with van der Waals surface area (Å²) in [5.41, 5.74) is 2.42. The second-order valence-electron chi connectivity index (χ2n) is 7.96. The smallest absolute Gasteiger partial charge is 0.191 e. The number of nitrogens with one attached hydrogen (secondary N) is 2. The number of ether oxygens (including phenoxy) is 1. The Kier molecular flexibility index (Phi) is 10.0. The third-order valence-electron chi connectivity index (χ3n) is 4.62. The molecule has 6 nitrogen and oxygen atoms in total. The van der Waals surface area contributed by atoms with Crippen LogP contribution in [0.2, 0.25) is 0 Å². The number of fused-ring (bicyclic) bond motifs is 1. The quantitative estimate of drug-likeness (QED) is 0.296. The maximum Gasteiger partial charge on any atom is 0.191 e. The average Bonchev–Trinajstić information content (AvgIpc) is 3.05. The molecule has 8 heteroatoms. The fourth-order valence-electron chi connectivity index (χ4n) is 2.90. The second kappa shape index (κ2) is 11.2. The van der Waals surface area contributed by atoms with Gasteiger partial charge in [0, 0.05) is 32.3 Å². The van der Waals surface area contributed by atoms with Crippen molar-refractivity contribution >= 4 is 39.8 Å². The molecule has 1 heterocycles. The van der Waals surface area contributed by atoms with E-state index in [4.69, 9.17) is 4.74 Å². The zero-order chi connectivity index (χ0) is 19.9. The minimum atomic E-state index is -2.94. The van der Waals surface area contributed by atoms with E-state index in [1.807, 2.05) is 6.92 Å². The number of aliphatic imine (C=N–C) groups is 1. The summed E-state index contributed by atoms with van der Waals surface area (Å²) in [4.78, 5) is 4.65.